The van der Waals surface area contributed by atoms with Gasteiger partial charge in [-0.3, -0.25) is 14.4 Å². The van der Waals surface area contributed by atoms with Crippen LogP contribution < -0.4 is 5.32 Å². The molecule has 3 amide bonds. The summed E-state index contributed by atoms with van der Waals surface area (Å²) in [5.41, 5.74) is 0.475. The fourth-order valence-corrected chi connectivity index (χ4v) is 4.99. The van der Waals surface area contributed by atoms with Gasteiger partial charge < -0.3 is 15.1 Å². The number of carbonyl (C=O) groups is 3. The molecule has 2 saturated heterocycles. The van der Waals surface area contributed by atoms with E-state index in [2.05, 4.69) is 5.32 Å². The third-order valence-electron chi connectivity index (χ3n) is 6.17. The van der Waals surface area contributed by atoms with E-state index in [1.807, 2.05) is 36.6 Å². The first kappa shape index (κ1) is 18.3. The molecular weight excluding hydrogens is 362 g/mol. The lowest BCUT2D eigenvalue weighted by Crippen LogP contribution is -2.77. The number of hydrogen-bond acceptors (Lipinski definition) is 4. The Morgan fingerprint density at radius 3 is 2.48 bits per heavy atom. The molecular formula is C20H25N3O3S. The van der Waals surface area contributed by atoms with Crippen molar-refractivity contribution in [2.24, 2.45) is 0 Å². The Labute approximate surface area is 163 Å². The topological polar surface area (TPSA) is 69.7 Å². The quantitative estimate of drug-likeness (QED) is 0.820. The van der Waals surface area contributed by atoms with Crippen LogP contribution in [-0.4, -0.2) is 70.2 Å². The van der Waals surface area contributed by atoms with Crippen LogP contribution in [0.5, 0.6) is 0 Å². The minimum absolute atomic E-state index is 0.0562. The number of fused-ring (bicyclic) bond motifs is 2. The zero-order chi connectivity index (χ0) is 19.2. The number of nitrogens with one attached hydrogen (secondary N) is 1. The molecule has 1 N–H and O–H groups in total. The summed E-state index contributed by atoms with van der Waals surface area (Å²) in [5.74, 6) is 0.509. The molecule has 0 radical (unpaired) electrons. The molecule has 0 unspecified atom stereocenters. The summed E-state index contributed by atoms with van der Waals surface area (Å²) < 4.78 is 0. The Morgan fingerprint density at radius 2 is 1.85 bits per heavy atom. The Bertz CT molecular complexity index is 765. The number of nitrogens with zero attached hydrogens (tertiary/aromatic N) is 2. The lowest BCUT2D eigenvalue weighted by Gasteiger charge is -2.53. The van der Waals surface area contributed by atoms with E-state index in [4.69, 9.17) is 0 Å². The maximum absolute atomic E-state index is 13.3. The highest BCUT2D eigenvalue weighted by Gasteiger charge is 2.67. The zero-order valence-corrected chi connectivity index (χ0v) is 16.5. The van der Waals surface area contributed by atoms with Crippen LogP contribution in [0.4, 0.5) is 0 Å². The first-order valence-corrected chi connectivity index (χ1v) is 10.8. The smallest absolute Gasteiger partial charge is 0.246 e. The van der Waals surface area contributed by atoms with E-state index in [1.165, 1.54) is 0 Å². The van der Waals surface area contributed by atoms with Crippen molar-refractivity contribution in [2.75, 3.05) is 19.1 Å². The minimum Gasteiger partial charge on any atom is -0.342 e. The number of amides is 3. The normalized spacial score (nSPS) is 29.0. The molecule has 3 aliphatic rings. The average Bonchev–Trinajstić information content (AvgIpc) is 3.46. The molecule has 0 aromatic heterocycles. The van der Waals surface area contributed by atoms with Gasteiger partial charge in [0.05, 0.1) is 5.54 Å². The molecule has 1 aromatic rings. The van der Waals surface area contributed by atoms with Crippen molar-refractivity contribution in [3.05, 3.63) is 35.9 Å². The molecule has 144 valence electrons. The maximum Gasteiger partial charge on any atom is 0.246 e. The van der Waals surface area contributed by atoms with Crippen molar-refractivity contribution in [3.63, 3.8) is 0 Å². The molecule has 6 nitrogen and oxygen atoms in total. The molecule has 3 atom stereocenters. The summed E-state index contributed by atoms with van der Waals surface area (Å²) >= 11 is 1.65. The first-order valence-electron chi connectivity index (χ1n) is 9.42. The third kappa shape index (κ3) is 2.92. The lowest BCUT2D eigenvalue weighted by molar-refractivity contribution is -0.171. The fraction of sp³-hybridized carbons (Fsp3) is 0.550. The highest BCUT2D eigenvalue weighted by Crippen LogP contribution is 2.50. The number of hydrogen-bond donors (Lipinski definition) is 1. The van der Waals surface area contributed by atoms with Gasteiger partial charge in [0.25, 0.3) is 0 Å². The molecule has 27 heavy (non-hydrogen) atoms. The van der Waals surface area contributed by atoms with Gasteiger partial charge in [0, 0.05) is 13.5 Å². The number of benzene rings is 1. The van der Waals surface area contributed by atoms with Crippen LogP contribution in [0.1, 0.15) is 24.8 Å². The summed E-state index contributed by atoms with van der Waals surface area (Å²) in [5, 5.41) is 2.93. The molecule has 4 rings (SSSR count). The van der Waals surface area contributed by atoms with Gasteiger partial charge in [0.2, 0.25) is 17.7 Å². The fourth-order valence-electron chi connectivity index (χ4n) is 4.52. The van der Waals surface area contributed by atoms with Crippen LogP contribution in [0.25, 0.3) is 0 Å². The standard InChI is InChI=1S/C20H25N3O3S/c1-22-19(26)15(12-13-6-4-3-5-7-13)23-16(20(22)9-10-20)17(24)21-14(18(23)25)8-11-27-2/h3-7,14-16H,8-12H2,1-2H3,(H,21,24)/t14-,15-,16-/m0/s1. The number of carbonyl (C=O) groups excluding carboxylic acids is 3. The molecule has 1 spiro atoms. The number of rotatable bonds is 5. The van der Waals surface area contributed by atoms with Gasteiger partial charge in [-0.15, -0.1) is 0 Å². The van der Waals surface area contributed by atoms with Gasteiger partial charge in [0.15, 0.2) is 0 Å². The number of piperazine rings is 2. The summed E-state index contributed by atoms with van der Waals surface area (Å²) in [6.07, 6.45) is 4.54. The molecule has 2 heterocycles. The monoisotopic (exact) mass is 387 g/mol. The van der Waals surface area contributed by atoms with E-state index >= 15 is 0 Å². The second kappa shape index (κ2) is 6.86. The summed E-state index contributed by atoms with van der Waals surface area (Å²) in [6, 6.07) is 7.98. The van der Waals surface area contributed by atoms with Gasteiger partial charge >= 0.3 is 0 Å². The van der Waals surface area contributed by atoms with E-state index in [9.17, 15) is 14.4 Å². The summed E-state index contributed by atoms with van der Waals surface area (Å²) in [4.78, 5) is 42.9. The van der Waals surface area contributed by atoms with Crippen molar-refractivity contribution in [1.82, 2.24) is 15.1 Å². The van der Waals surface area contributed by atoms with Gasteiger partial charge in [-0.2, -0.15) is 11.8 Å². The van der Waals surface area contributed by atoms with Gasteiger partial charge in [0.1, 0.15) is 18.1 Å². The minimum atomic E-state index is -0.621. The predicted molar refractivity (Wildman–Crippen MR) is 104 cm³/mol. The van der Waals surface area contributed by atoms with E-state index < -0.39 is 23.7 Å². The van der Waals surface area contributed by atoms with E-state index in [1.54, 1.807) is 28.6 Å². The zero-order valence-electron chi connectivity index (χ0n) is 15.7. The van der Waals surface area contributed by atoms with Crippen molar-refractivity contribution in [3.8, 4) is 0 Å². The summed E-state index contributed by atoms with van der Waals surface area (Å²) in [7, 11) is 1.78. The van der Waals surface area contributed by atoms with Crippen LogP contribution in [0.15, 0.2) is 30.3 Å². The van der Waals surface area contributed by atoms with Crippen LogP contribution in [0.2, 0.25) is 0 Å². The third-order valence-corrected chi connectivity index (χ3v) is 6.81. The SMILES string of the molecule is CSCC[C@@H]1NC(=O)[C@@H]2N(C1=O)[C@@H](Cc1ccccc1)C(=O)N(C)C21CC1. The summed E-state index contributed by atoms with van der Waals surface area (Å²) in [6.45, 7) is 0. The Balaban J connectivity index is 1.70. The van der Waals surface area contributed by atoms with Crippen LogP contribution in [0.3, 0.4) is 0 Å². The molecule has 3 fully saturated rings. The Hall–Kier alpha value is -2.02. The van der Waals surface area contributed by atoms with Gasteiger partial charge in [-0.1, -0.05) is 30.3 Å². The molecule has 1 aromatic carbocycles. The molecule has 2 aliphatic heterocycles. The molecule has 1 aliphatic carbocycles. The van der Waals surface area contributed by atoms with Crippen molar-refractivity contribution >= 4 is 29.5 Å². The largest absolute Gasteiger partial charge is 0.342 e. The van der Waals surface area contributed by atoms with Crippen LogP contribution >= 0.6 is 11.8 Å². The lowest BCUT2D eigenvalue weighted by atomic mass is 9.87. The highest BCUT2D eigenvalue weighted by molar-refractivity contribution is 7.98. The molecule has 7 heteroatoms. The van der Waals surface area contributed by atoms with Crippen LogP contribution in [0, 0.1) is 0 Å². The molecule has 0 bridgehead atoms. The first-order chi connectivity index (χ1) is 13.0. The van der Waals surface area contributed by atoms with E-state index in [0.29, 0.717) is 12.8 Å². The van der Waals surface area contributed by atoms with E-state index in [-0.39, 0.29) is 17.7 Å². The number of thioether (sulfide) groups is 1. The second-order valence-corrected chi connectivity index (χ2v) is 8.68. The van der Waals surface area contributed by atoms with Crippen molar-refractivity contribution in [2.45, 2.75) is 49.3 Å². The molecule has 1 saturated carbocycles. The predicted octanol–water partition coefficient (Wildman–Crippen LogP) is 1.05. The Morgan fingerprint density at radius 1 is 1.15 bits per heavy atom. The van der Waals surface area contributed by atoms with Crippen molar-refractivity contribution < 1.29 is 14.4 Å². The second-order valence-electron chi connectivity index (χ2n) is 7.70. The number of likely N-dealkylation sites (N-methyl/N-ethyl adjacent to an activating group) is 1. The maximum atomic E-state index is 13.3. The van der Waals surface area contributed by atoms with Crippen molar-refractivity contribution in [1.29, 1.82) is 0 Å². The average molecular weight is 388 g/mol. The highest BCUT2D eigenvalue weighted by atomic mass is 32.2. The van der Waals surface area contributed by atoms with Gasteiger partial charge in [-0.25, -0.2) is 0 Å². The van der Waals surface area contributed by atoms with Gasteiger partial charge in [-0.05, 0) is 36.8 Å². The van der Waals surface area contributed by atoms with Crippen LogP contribution in [-0.2, 0) is 20.8 Å². The Kier molecular flexibility index (Phi) is 4.66. The van der Waals surface area contributed by atoms with E-state index in [0.717, 1.165) is 24.2 Å².